The highest BCUT2D eigenvalue weighted by molar-refractivity contribution is 9.10. The Labute approximate surface area is 165 Å². The van der Waals surface area contributed by atoms with Crippen molar-refractivity contribution in [1.29, 1.82) is 0 Å². The Bertz CT molecular complexity index is 1120. The van der Waals surface area contributed by atoms with Gasteiger partial charge in [0.2, 0.25) is 0 Å². The number of nitro benzene ring substituents is 1. The average molecular weight is 446 g/mol. The van der Waals surface area contributed by atoms with E-state index in [9.17, 15) is 14.9 Å². The summed E-state index contributed by atoms with van der Waals surface area (Å²) in [4.78, 5) is 28.0. The molecule has 2 aliphatic heterocycles. The molecule has 4 rings (SSSR count). The number of carbonyl (C=O) groups excluding carboxylic acids is 1. The number of carbonyl (C=O) groups is 1. The van der Waals surface area contributed by atoms with E-state index in [4.69, 9.17) is 4.99 Å². The number of amidine groups is 1. The summed E-state index contributed by atoms with van der Waals surface area (Å²) in [7, 11) is 0. The fourth-order valence-corrected chi connectivity index (χ4v) is 3.65. The third-order valence-electron chi connectivity index (χ3n) is 4.17. The van der Waals surface area contributed by atoms with Crippen molar-refractivity contribution in [2.45, 2.75) is 6.17 Å². The van der Waals surface area contributed by atoms with Crippen molar-refractivity contribution < 1.29 is 9.72 Å². The second kappa shape index (κ2) is 6.78. The van der Waals surface area contributed by atoms with Crippen molar-refractivity contribution in [1.82, 2.24) is 10.3 Å². The Morgan fingerprint density at radius 3 is 2.67 bits per heavy atom. The van der Waals surface area contributed by atoms with Crippen LogP contribution in [0.4, 0.5) is 5.69 Å². The quantitative estimate of drug-likeness (QED) is 0.561. The number of nitro groups is 1. The molecule has 27 heavy (non-hydrogen) atoms. The van der Waals surface area contributed by atoms with Crippen molar-refractivity contribution in [3.05, 3.63) is 73.2 Å². The Morgan fingerprint density at radius 2 is 2.00 bits per heavy atom. The highest BCUT2D eigenvalue weighted by Crippen LogP contribution is 2.31. The van der Waals surface area contributed by atoms with E-state index in [2.05, 4.69) is 26.3 Å². The van der Waals surface area contributed by atoms with Crippen LogP contribution < -0.4 is 15.9 Å². The van der Waals surface area contributed by atoms with Gasteiger partial charge in [0.25, 0.3) is 11.6 Å². The molecule has 0 saturated carbocycles. The molecule has 1 atom stereocenters. The third-order valence-corrected chi connectivity index (χ3v) is 5.23. The van der Waals surface area contributed by atoms with Crippen LogP contribution in [0.1, 0.15) is 11.7 Å². The molecule has 8 nitrogen and oxygen atoms in total. The molecule has 2 aromatic carbocycles. The van der Waals surface area contributed by atoms with Gasteiger partial charge in [-0.2, -0.15) is 0 Å². The molecule has 0 aliphatic carbocycles. The molecule has 0 bridgehead atoms. The van der Waals surface area contributed by atoms with E-state index in [1.54, 1.807) is 17.1 Å². The molecular weight excluding hydrogens is 434 g/mol. The summed E-state index contributed by atoms with van der Waals surface area (Å²) in [6.07, 6.45) is 1.22. The summed E-state index contributed by atoms with van der Waals surface area (Å²) in [5.41, 5.74) is 1.08. The molecule has 1 amide bonds. The lowest BCUT2D eigenvalue weighted by atomic mass is 10.1. The van der Waals surface area contributed by atoms with Gasteiger partial charge in [0, 0.05) is 21.8 Å². The van der Waals surface area contributed by atoms with Crippen LogP contribution in [-0.4, -0.2) is 27.3 Å². The maximum Gasteiger partial charge on any atom is 0.276 e. The van der Waals surface area contributed by atoms with Gasteiger partial charge in [0.1, 0.15) is 5.70 Å². The smallest absolute Gasteiger partial charge is 0.276 e. The molecule has 2 aromatic rings. The molecule has 0 saturated heterocycles. The number of amides is 1. The number of thioether (sulfide) groups is 1. The van der Waals surface area contributed by atoms with E-state index in [-0.39, 0.29) is 11.6 Å². The molecule has 2 heterocycles. The fourth-order valence-electron chi connectivity index (χ4n) is 2.93. The van der Waals surface area contributed by atoms with Crippen LogP contribution in [0.5, 0.6) is 0 Å². The number of halogens is 1. The molecule has 10 heteroatoms. The average Bonchev–Trinajstić information content (AvgIpc) is 2.67. The monoisotopic (exact) mass is 445 g/mol. The first-order valence-corrected chi connectivity index (χ1v) is 9.85. The lowest BCUT2D eigenvalue weighted by Gasteiger charge is -2.33. The lowest BCUT2D eigenvalue weighted by molar-refractivity contribution is -0.384. The largest absolute Gasteiger partial charge is 0.298 e. The molecule has 0 fully saturated rings. The van der Waals surface area contributed by atoms with E-state index in [0.29, 0.717) is 27.0 Å². The van der Waals surface area contributed by atoms with Crippen molar-refractivity contribution in [3.63, 3.8) is 0 Å². The van der Waals surface area contributed by atoms with Gasteiger partial charge < -0.3 is 0 Å². The third kappa shape index (κ3) is 3.10. The number of rotatable bonds is 2. The van der Waals surface area contributed by atoms with E-state index < -0.39 is 11.1 Å². The maximum absolute atomic E-state index is 12.8. The molecule has 0 spiro atoms. The summed E-state index contributed by atoms with van der Waals surface area (Å²) in [6.45, 7) is 0. The molecule has 0 aromatic heterocycles. The van der Waals surface area contributed by atoms with Gasteiger partial charge in [-0.25, -0.2) is 5.01 Å². The summed E-state index contributed by atoms with van der Waals surface area (Å²) < 4.78 is 0.824. The summed E-state index contributed by atoms with van der Waals surface area (Å²) in [5, 5.41) is 21.6. The number of benzene rings is 2. The van der Waals surface area contributed by atoms with Crippen LogP contribution >= 0.6 is 27.7 Å². The van der Waals surface area contributed by atoms with Gasteiger partial charge in [0.05, 0.1) is 10.3 Å². The number of nitrogens with zero attached hydrogens (tertiary/aromatic N) is 4. The van der Waals surface area contributed by atoms with E-state index in [1.165, 1.54) is 23.9 Å². The Morgan fingerprint density at radius 1 is 1.26 bits per heavy atom. The number of hydrazone groups is 1. The summed E-state index contributed by atoms with van der Waals surface area (Å²) in [5.74, 6) is -0.268. The number of hydrogen-bond acceptors (Lipinski definition) is 7. The van der Waals surface area contributed by atoms with Crippen molar-refractivity contribution >= 4 is 50.2 Å². The standard InChI is InChI=1S/C17H12BrN5O3S/c1-27-17-20-16(24)14-12-8-10(18)4-7-13(12)19-15(22(14)21-17)9-2-5-11(6-3-9)23(25)26/h2-8,15H,1H3,(H,20,21,24)/t15-/m1/s1. The molecule has 1 N–H and O–H groups in total. The van der Waals surface area contributed by atoms with Crippen LogP contribution in [0, 0.1) is 10.1 Å². The van der Waals surface area contributed by atoms with Crippen molar-refractivity contribution in [3.8, 4) is 0 Å². The second-order valence-corrected chi connectivity index (χ2v) is 7.48. The Kier molecular flexibility index (Phi) is 4.44. The second-order valence-electron chi connectivity index (χ2n) is 5.77. The minimum Gasteiger partial charge on any atom is -0.298 e. The van der Waals surface area contributed by atoms with Gasteiger partial charge in [-0.05, 0) is 42.2 Å². The first-order chi connectivity index (χ1) is 13.0. The molecule has 0 radical (unpaired) electrons. The van der Waals surface area contributed by atoms with Crippen molar-refractivity contribution in [2.24, 2.45) is 10.1 Å². The van der Waals surface area contributed by atoms with E-state index in [1.807, 2.05) is 24.5 Å². The van der Waals surface area contributed by atoms with Gasteiger partial charge in [0.15, 0.2) is 11.3 Å². The highest BCUT2D eigenvalue weighted by atomic mass is 79.9. The minimum atomic E-state index is -0.595. The van der Waals surface area contributed by atoms with Crippen LogP contribution in [0.2, 0.25) is 0 Å². The van der Waals surface area contributed by atoms with Crippen molar-refractivity contribution in [2.75, 3.05) is 6.26 Å². The predicted molar refractivity (Wildman–Crippen MR) is 105 cm³/mol. The number of nitrogens with one attached hydrogen (secondary N) is 1. The van der Waals surface area contributed by atoms with Gasteiger partial charge >= 0.3 is 0 Å². The minimum absolute atomic E-state index is 0.00668. The van der Waals surface area contributed by atoms with E-state index in [0.717, 1.165) is 4.47 Å². The Hall–Kier alpha value is -2.72. The fraction of sp³-hybridized carbons (Fsp3) is 0.118. The predicted octanol–water partition coefficient (Wildman–Crippen LogP) is 1.86. The van der Waals surface area contributed by atoms with Gasteiger partial charge in [-0.3, -0.25) is 25.2 Å². The van der Waals surface area contributed by atoms with Crippen LogP contribution in [0.15, 0.2) is 57.0 Å². The molecule has 0 unspecified atom stereocenters. The SMILES string of the molecule is CSC1=NN2C(=c3cc(Br)ccc3=N[C@H]2c2ccc([N+](=O)[O-])cc2)C(=O)N1. The van der Waals surface area contributed by atoms with E-state index >= 15 is 0 Å². The van der Waals surface area contributed by atoms with Gasteiger partial charge in [-0.15, -0.1) is 5.10 Å². The first-order valence-electron chi connectivity index (χ1n) is 7.83. The zero-order valence-corrected chi connectivity index (χ0v) is 16.3. The normalized spacial score (nSPS) is 18.1. The topological polar surface area (TPSA) is 100 Å². The first kappa shape index (κ1) is 17.7. The van der Waals surface area contributed by atoms with Crippen LogP contribution in [-0.2, 0) is 4.79 Å². The van der Waals surface area contributed by atoms with Crippen LogP contribution in [0.25, 0.3) is 5.70 Å². The van der Waals surface area contributed by atoms with Crippen LogP contribution in [0.3, 0.4) is 0 Å². The highest BCUT2D eigenvalue weighted by Gasteiger charge is 2.34. The Balaban J connectivity index is 1.93. The number of hydrogen-bond donors (Lipinski definition) is 1. The lowest BCUT2D eigenvalue weighted by Crippen LogP contribution is -2.50. The zero-order valence-electron chi connectivity index (χ0n) is 13.9. The summed E-state index contributed by atoms with van der Waals surface area (Å²) >= 11 is 4.74. The summed E-state index contributed by atoms with van der Waals surface area (Å²) in [6, 6.07) is 11.6. The molecular formula is C17H12BrN5O3S. The molecule has 2 aliphatic rings. The maximum atomic E-state index is 12.8. The zero-order chi connectivity index (χ0) is 19.1. The number of non-ortho nitro benzene ring substituents is 1. The number of fused-ring (bicyclic) bond motifs is 2. The molecule has 136 valence electrons. The van der Waals surface area contributed by atoms with Gasteiger partial charge in [-0.1, -0.05) is 27.7 Å².